The summed E-state index contributed by atoms with van der Waals surface area (Å²) < 4.78 is 0. The number of anilines is 1. The number of hydrogen-bond acceptors (Lipinski definition) is 4. The second-order valence-electron chi connectivity index (χ2n) is 7.43. The molecule has 1 aliphatic heterocycles. The fourth-order valence-corrected chi connectivity index (χ4v) is 4.10. The van der Waals surface area contributed by atoms with Crippen molar-refractivity contribution in [3.05, 3.63) is 81.9 Å². The predicted molar refractivity (Wildman–Crippen MR) is 114 cm³/mol. The second kappa shape index (κ2) is 7.98. The number of nitrogens with zero attached hydrogens (tertiary/aromatic N) is 3. The van der Waals surface area contributed by atoms with E-state index in [1.807, 2.05) is 30.3 Å². The largest absolute Gasteiger partial charge is 0.305 e. The van der Waals surface area contributed by atoms with Gasteiger partial charge in [0.2, 0.25) is 0 Å². The maximum absolute atomic E-state index is 11.4. The first-order valence-corrected chi connectivity index (χ1v) is 9.87. The van der Waals surface area contributed by atoms with E-state index >= 15 is 0 Å². The van der Waals surface area contributed by atoms with Crippen LogP contribution in [-0.2, 0) is 6.42 Å². The highest BCUT2D eigenvalue weighted by atomic mass is 16.6. The van der Waals surface area contributed by atoms with Crippen molar-refractivity contribution in [1.82, 2.24) is 5.01 Å². The van der Waals surface area contributed by atoms with Crippen molar-refractivity contribution in [2.24, 2.45) is 0 Å². The molecular weight excluding hydrogens is 350 g/mol. The fraction of sp³-hybridized carbons (Fsp3) is 0.304. The number of aryl methyl sites for hydroxylation is 1. The van der Waals surface area contributed by atoms with Gasteiger partial charge in [0, 0.05) is 31.1 Å². The van der Waals surface area contributed by atoms with Crippen molar-refractivity contribution >= 4 is 22.1 Å². The minimum absolute atomic E-state index is 0.169. The highest BCUT2D eigenvalue weighted by Gasteiger charge is 2.23. The van der Waals surface area contributed by atoms with E-state index in [-0.39, 0.29) is 10.6 Å². The van der Waals surface area contributed by atoms with Crippen molar-refractivity contribution in [2.45, 2.75) is 26.2 Å². The van der Waals surface area contributed by atoms with Crippen LogP contribution in [0.1, 0.15) is 24.0 Å². The van der Waals surface area contributed by atoms with E-state index in [1.54, 1.807) is 6.07 Å². The minimum atomic E-state index is -0.294. The molecule has 144 valence electrons. The number of nitro groups is 1. The van der Waals surface area contributed by atoms with Gasteiger partial charge in [-0.3, -0.25) is 10.1 Å². The van der Waals surface area contributed by atoms with Crippen molar-refractivity contribution in [3.8, 4) is 0 Å². The molecule has 0 bridgehead atoms. The van der Waals surface area contributed by atoms with Crippen molar-refractivity contribution < 1.29 is 4.92 Å². The molecule has 3 aromatic rings. The van der Waals surface area contributed by atoms with Gasteiger partial charge in [-0.1, -0.05) is 48.0 Å². The maximum Gasteiger partial charge on any atom is 0.277 e. The Hall–Kier alpha value is -2.92. The SMILES string of the molecule is Cc1cccc(CCN2CCCCN2c2ccc([N+](=O)[O-])c3ccccc23)c1. The zero-order valence-electron chi connectivity index (χ0n) is 16.2. The van der Waals surface area contributed by atoms with Crippen LogP contribution in [0.25, 0.3) is 10.8 Å². The molecule has 5 heteroatoms. The second-order valence-corrected chi connectivity index (χ2v) is 7.43. The molecule has 0 unspecified atom stereocenters. The van der Waals surface area contributed by atoms with Gasteiger partial charge < -0.3 is 5.01 Å². The van der Waals surface area contributed by atoms with E-state index in [0.717, 1.165) is 43.5 Å². The van der Waals surface area contributed by atoms with E-state index in [4.69, 9.17) is 0 Å². The third kappa shape index (κ3) is 3.71. The van der Waals surface area contributed by atoms with Crippen LogP contribution in [0.5, 0.6) is 0 Å². The average molecular weight is 375 g/mol. The Bertz CT molecular complexity index is 1000. The van der Waals surface area contributed by atoms with Gasteiger partial charge in [0.1, 0.15) is 0 Å². The maximum atomic E-state index is 11.4. The van der Waals surface area contributed by atoms with Crippen LogP contribution in [0.3, 0.4) is 0 Å². The summed E-state index contributed by atoms with van der Waals surface area (Å²) in [7, 11) is 0. The van der Waals surface area contributed by atoms with Crippen LogP contribution in [0, 0.1) is 17.0 Å². The Balaban J connectivity index is 1.64. The molecule has 4 rings (SSSR count). The molecular formula is C23H25N3O2. The summed E-state index contributed by atoms with van der Waals surface area (Å²) in [5.41, 5.74) is 3.86. The van der Waals surface area contributed by atoms with Crippen LogP contribution in [0.4, 0.5) is 11.4 Å². The fourth-order valence-electron chi connectivity index (χ4n) is 4.10. The standard InChI is InChI=1S/C23H25N3O2/c1-18-7-6-8-19(17-18)13-16-24-14-4-5-15-25(24)22-11-12-23(26(27)28)21-10-3-2-9-20(21)22/h2-3,6-12,17H,4-5,13-16H2,1H3. The Morgan fingerprint density at radius 2 is 1.75 bits per heavy atom. The molecule has 0 atom stereocenters. The third-order valence-electron chi connectivity index (χ3n) is 5.47. The molecule has 3 aromatic carbocycles. The predicted octanol–water partition coefficient (Wildman–Crippen LogP) is 5.12. The highest BCUT2D eigenvalue weighted by molar-refractivity contribution is 5.99. The zero-order valence-corrected chi connectivity index (χ0v) is 16.2. The van der Waals surface area contributed by atoms with Crippen LogP contribution in [0.15, 0.2) is 60.7 Å². The van der Waals surface area contributed by atoms with E-state index in [2.05, 4.69) is 41.2 Å². The molecule has 0 radical (unpaired) electrons. The van der Waals surface area contributed by atoms with Gasteiger partial charge in [-0.2, -0.15) is 0 Å². The van der Waals surface area contributed by atoms with Gasteiger partial charge in [0.15, 0.2) is 0 Å². The lowest BCUT2D eigenvalue weighted by Crippen LogP contribution is -2.48. The van der Waals surface area contributed by atoms with Crippen molar-refractivity contribution in [1.29, 1.82) is 0 Å². The molecule has 1 aliphatic rings. The Kier molecular flexibility index (Phi) is 5.26. The van der Waals surface area contributed by atoms with Crippen LogP contribution in [-0.4, -0.2) is 29.6 Å². The summed E-state index contributed by atoms with van der Waals surface area (Å²) in [4.78, 5) is 11.1. The lowest BCUT2D eigenvalue weighted by Gasteiger charge is -2.41. The van der Waals surface area contributed by atoms with E-state index in [1.165, 1.54) is 17.5 Å². The normalized spacial score (nSPS) is 15.1. The van der Waals surface area contributed by atoms with Crippen molar-refractivity contribution in [2.75, 3.05) is 24.6 Å². The lowest BCUT2D eigenvalue weighted by molar-refractivity contribution is -0.383. The molecule has 0 spiro atoms. The summed E-state index contributed by atoms with van der Waals surface area (Å²) in [6.45, 7) is 5.02. The van der Waals surface area contributed by atoms with E-state index in [9.17, 15) is 10.1 Å². The molecule has 0 aromatic heterocycles. The third-order valence-corrected chi connectivity index (χ3v) is 5.47. The molecule has 0 amide bonds. The molecule has 1 saturated heterocycles. The number of non-ortho nitro benzene ring substituents is 1. The monoisotopic (exact) mass is 375 g/mol. The summed E-state index contributed by atoms with van der Waals surface area (Å²) in [5.74, 6) is 0. The van der Waals surface area contributed by atoms with Crippen LogP contribution < -0.4 is 5.01 Å². The number of fused-ring (bicyclic) bond motifs is 1. The molecule has 5 nitrogen and oxygen atoms in total. The lowest BCUT2D eigenvalue weighted by atomic mass is 10.1. The van der Waals surface area contributed by atoms with E-state index in [0.29, 0.717) is 5.39 Å². The van der Waals surface area contributed by atoms with Gasteiger partial charge in [-0.05, 0) is 43.9 Å². The van der Waals surface area contributed by atoms with Gasteiger partial charge in [-0.15, -0.1) is 0 Å². The molecule has 0 N–H and O–H groups in total. The Labute approximate surface area is 165 Å². The minimum Gasteiger partial charge on any atom is -0.305 e. The van der Waals surface area contributed by atoms with Crippen molar-refractivity contribution in [3.63, 3.8) is 0 Å². The Morgan fingerprint density at radius 1 is 0.964 bits per heavy atom. The van der Waals surface area contributed by atoms with E-state index < -0.39 is 0 Å². The first-order valence-electron chi connectivity index (χ1n) is 9.87. The summed E-state index contributed by atoms with van der Waals surface area (Å²) in [6.07, 6.45) is 3.30. The Morgan fingerprint density at radius 3 is 2.54 bits per heavy atom. The first kappa shape index (κ1) is 18.4. The zero-order chi connectivity index (χ0) is 19.5. The highest BCUT2D eigenvalue weighted by Crippen LogP contribution is 2.35. The van der Waals surface area contributed by atoms with Gasteiger partial charge in [-0.25, -0.2) is 5.01 Å². The molecule has 1 heterocycles. The molecule has 0 aliphatic carbocycles. The van der Waals surface area contributed by atoms with Gasteiger partial charge >= 0.3 is 0 Å². The number of nitro benzene ring substituents is 1. The van der Waals surface area contributed by atoms with Crippen LogP contribution in [0.2, 0.25) is 0 Å². The number of hydrazine groups is 1. The topological polar surface area (TPSA) is 49.6 Å². The smallest absolute Gasteiger partial charge is 0.277 e. The quantitative estimate of drug-likeness (QED) is 0.459. The summed E-state index contributed by atoms with van der Waals surface area (Å²) in [5, 5.41) is 17.8. The average Bonchev–Trinajstić information content (AvgIpc) is 2.71. The molecule has 1 fully saturated rings. The van der Waals surface area contributed by atoms with Gasteiger partial charge in [0.25, 0.3) is 5.69 Å². The number of benzene rings is 3. The molecule has 0 saturated carbocycles. The number of rotatable bonds is 5. The summed E-state index contributed by atoms with van der Waals surface area (Å²) >= 11 is 0. The first-order chi connectivity index (χ1) is 13.6. The number of hydrogen-bond donors (Lipinski definition) is 0. The van der Waals surface area contributed by atoms with Crippen LogP contribution >= 0.6 is 0 Å². The molecule has 28 heavy (non-hydrogen) atoms. The van der Waals surface area contributed by atoms with Gasteiger partial charge in [0.05, 0.1) is 16.0 Å². The summed E-state index contributed by atoms with van der Waals surface area (Å²) in [6, 6.07) is 19.9.